The van der Waals surface area contributed by atoms with Crippen molar-refractivity contribution in [1.82, 2.24) is 9.78 Å². The summed E-state index contributed by atoms with van der Waals surface area (Å²) in [7, 11) is 3.02. The van der Waals surface area contributed by atoms with Crippen LogP contribution in [0.2, 0.25) is 0 Å². The van der Waals surface area contributed by atoms with Crippen molar-refractivity contribution in [3.8, 4) is 22.9 Å². The third kappa shape index (κ3) is 3.39. The molecule has 0 atom stereocenters. The smallest absolute Gasteiger partial charge is 0.343 e. The van der Waals surface area contributed by atoms with E-state index in [1.807, 2.05) is 36.7 Å². The predicted molar refractivity (Wildman–Crippen MR) is 97.5 cm³/mol. The number of methoxy groups -OCH3 is 2. The van der Waals surface area contributed by atoms with Crippen LogP contribution in [0, 0.1) is 13.8 Å². The first kappa shape index (κ1) is 17.5. The van der Waals surface area contributed by atoms with E-state index in [1.165, 1.54) is 14.2 Å². The predicted octanol–water partition coefficient (Wildman–Crippen LogP) is 3.73. The molecule has 1 aromatic heterocycles. The topological polar surface area (TPSA) is 62.6 Å². The second-order valence-electron chi connectivity index (χ2n) is 5.77. The fourth-order valence-corrected chi connectivity index (χ4v) is 2.70. The van der Waals surface area contributed by atoms with Crippen LogP contribution in [0.25, 0.3) is 5.69 Å². The summed E-state index contributed by atoms with van der Waals surface area (Å²) in [5.41, 5.74) is 3.26. The van der Waals surface area contributed by atoms with E-state index in [9.17, 15) is 4.79 Å². The lowest BCUT2D eigenvalue weighted by Gasteiger charge is -2.13. The number of hydrogen-bond donors (Lipinski definition) is 0. The van der Waals surface area contributed by atoms with Gasteiger partial charge in [0.05, 0.1) is 31.2 Å². The quantitative estimate of drug-likeness (QED) is 0.517. The Labute approximate surface area is 151 Å². The number of hydrogen-bond acceptors (Lipinski definition) is 5. The lowest BCUT2D eigenvalue weighted by atomic mass is 10.2. The number of aryl methyl sites for hydroxylation is 2. The zero-order valence-electron chi connectivity index (χ0n) is 15.1. The highest BCUT2D eigenvalue weighted by atomic mass is 16.6. The van der Waals surface area contributed by atoms with Crippen molar-refractivity contribution in [2.24, 2.45) is 0 Å². The largest absolute Gasteiger partial charge is 0.493 e. The molecule has 0 saturated heterocycles. The average Bonchev–Trinajstić information content (AvgIpc) is 3.00. The molecule has 6 heteroatoms. The van der Waals surface area contributed by atoms with E-state index in [-0.39, 0.29) is 5.75 Å². The summed E-state index contributed by atoms with van der Waals surface area (Å²) in [6.07, 6.45) is 0. The number of ether oxygens (including phenoxy) is 3. The third-order valence-electron chi connectivity index (χ3n) is 3.93. The highest BCUT2D eigenvalue weighted by molar-refractivity contribution is 5.92. The summed E-state index contributed by atoms with van der Waals surface area (Å²) in [6.45, 7) is 3.92. The number of carbonyl (C=O) groups is 1. The van der Waals surface area contributed by atoms with Crippen LogP contribution in [0.5, 0.6) is 17.2 Å². The van der Waals surface area contributed by atoms with Crippen molar-refractivity contribution in [2.45, 2.75) is 13.8 Å². The highest BCUT2D eigenvalue weighted by Gasteiger charge is 2.17. The summed E-state index contributed by atoms with van der Waals surface area (Å²) in [4.78, 5) is 12.5. The Balaban J connectivity index is 1.84. The van der Waals surface area contributed by atoms with Gasteiger partial charge in [-0.05, 0) is 56.3 Å². The van der Waals surface area contributed by atoms with Crippen LogP contribution >= 0.6 is 0 Å². The molecule has 0 aliphatic heterocycles. The van der Waals surface area contributed by atoms with Gasteiger partial charge in [-0.3, -0.25) is 0 Å². The van der Waals surface area contributed by atoms with E-state index < -0.39 is 5.97 Å². The molecule has 134 valence electrons. The Bertz CT molecular complexity index is 907. The molecule has 26 heavy (non-hydrogen) atoms. The summed E-state index contributed by atoms with van der Waals surface area (Å²) < 4.78 is 17.8. The zero-order valence-corrected chi connectivity index (χ0v) is 15.1. The molecule has 3 aromatic rings. The number of esters is 1. The van der Waals surface area contributed by atoms with Crippen molar-refractivity contribution in [3.63, 3.8) is 0 Å². The summed E-state index contributed by atoms with van der Waals surface area (Å²) in [6, 6.07) is 14.2. The molecule has 0 unspecified atom stereocenters. The summed E-state index contributed by atoms with van der Waals surface area (Å²) in [5.74, 6) is 0.617. The average molecular weight is 352 g/mol. The van der Waals surface area contributed by atoms with Crippen molar-refractivity contribution < 1.29 is 19.0 Å². The van der Waals surface area contributed by atoms with Crippen molar-refractivity contribution in [1.29, 1.82) is 0 Å². The van der Waals surface area contributed by atoms with E-state index in [2.05, 4.69) is 5.10 Å². The molecular weight excluding hydrogens is 332 g/mol. The van der Waals surface area contributed by atoms with Gasteiger partial charge in [-0.1, -0.05) is 6.07 Å². The SMILES string of the molecule is COc1cccc(OC)c1OC(=O)c1ccc(-n2nc(C)cc2C)cc1. The second-order valence-corrected chi connectivity index (χ2v) is 5.77. The molecule has 3 rings (SSSR count). The molecule has 0 aliphatic rings. The van der Waals surface area contributed by atoms with Gasteiger partial charge in [0.1, 0.15) is 0 Å². The third-order valence-corrected chi connectivity index (χ3v) is 3.93. The summed E-state index contributed by atoms with van der Waals surface area (Å²) in [5, 5.41) is 4.44. The van der Waals surface area contributed by atoms with Crippen molar-refractivity contribution in [2.75, 3.05) is 14.2 Å². The number of nitrogens with zero attached hydrogens (tertiary/aromatic N) is 2. The Kier molecular flexibility index (Phi) is 4.93. The van der Waals surface area contributed by atoms with Crippen LogP contribution in [-0.2, 0) is 0 Å². The number of rotatable bonds is 5. The molecule has 0 saturated carbocycles. The highest BCUT2D eigenvalue weighted by Crippen LogP contribution is 2.37. The van der Waals surface area contributed by atoms with Crippen LogP contribution in [0.1, 0.15) is 21.7 Å². The molecule has 0 spiro atoms. The van der Waals surface area contributed by atoms with Crippen molar-refractivity contribution >= 4 is 5.97 Å². The van der Waals surface area contributed by atoms with Gasteiger partial charge in [-0.15, -0.1) is 0 Å². The maximum Gasteiger partial charge on any atom is 0.343 e. The lowest BCUT2D eigenvalue weighted by molar-refractivity contribution is 0.0724. The zero-order chi connectivity index (χ0) is 18.7. The van der Waals surface area contributed by atoms with Gasteiger partial charge < -0.3 is 14.2 Å². The molecule has 0 radical (unpaired) electrons. The van der Waals surface area contributed by atoms with Crippen LogP contribution in [-0.4, -0.2) is 30.0 Å². The fraction of sp³-hybridized carbons (Fsp3) is 0.200. The van der Waals surface area contributed by atoms with Crippen LogP contribution in [0.3, 0.4) is 0 Å². The van der Waals surface area contributed by atoms with E-state index in [1.54, 1.807) is 30.3 Å². The van der Waals surface area contributed by atoms with Gasteiger partial charge in [0, 0.05) is 5.69 Å². The Morgan fingerprint density at radius 2 is 1.58 bits per heavy atom. The minimum atomic E-state index is -0.493. The van der Waals surface area contributed by atoms with E-state index in [0.717, 1.165) is 17.1 Å². The molecule has 2 aromatic carbocycles. The maximum atomic E-state index is 12.5. The van der Waals surface area contributed by atoms with E-state index in [0.29, 0.717) is 17.1 Å². The fourth-order valence-electron chi connectivity index (χ4n) is 2.70. The standard InChI is InChI=1S/C20H20N2O4/c1-13-12-14(2)22(21-13)16-10-8-15(9-11-16)20(23)26-19-17(24-3)6-5-7-18(19)25-4/h5-12H,1-4H3. The first-order chi connectivity index (χ1) is 12.5. The Hall–Kier alpha value is -3.28. The normalized spacial score (nSPS) is 10.5. The minimum absolute atomic E-state index is 0.255. The van der Waals surface area contributed by atoms with Crippen molar-refractivity contribution in [3.05, 3.63) is 65.5 Å². The summed E-state index contributed by atoms with van der Waals surface area (Å²) >= 11 is 0. The number of para-hydroxylation sites is 1. The monoisotopic (exact) mass is 352 g/mol. The molecule has 6 nitrogen and oxygen atoms in total. The van der Waals surface area contributed by atoms with Gasteiger partial charge >= 0.3 is 5.97 Å². The van der Waals surface area contributed by atoms with Gasteiger partial charge in [0.15, 0.2) is 11.5 Å². The van der Waals surface area contributed by atoms with E-state index in [4.69, 9.17) is 14.2 Å². The van der Waals surface area contributed by atoms with Crippen LogP contribution in [0.4, 0.5) is 0 Å². The van der Waals surface area contributed by atoms with E-state index >= 15 is 0 Å². The molecule has 0 fully saturated rings. The molecular formula is C20H20N2O4. The first-order valence-corrected chi connectivity index (χ1v) is 8.10. The minimum Gasteiger partial charge on any atom is -0.493 e. The number of benzene rings is 2. The molecule has 0 N–H and O–H groups in total. The van der Waals surface area contributed by atoms with Gasteiger partial charge in [0.25, 0.3) is 0 Å². The van der Waals surface area contributed by atoms with Gasteiger partial charge in [-0.25, -0.2) is 9.48 Å². The maximum absolute atomic E-state index is 12.5. The Morgan fingerprint density at radius 1 is 0.962 bits per heavy atom. The van der Waals surface area contributed by atoms with Crippen LogP contribution in [0.15, 0.2) is 48.5 Å². The molecule has 0 amide bonds. The second kappa shape index (κ2) is 7.31. The molecule has 0 bridgehead atoms. The van der Waals surface area contributed by atoms with Gasteiger partial charge in [-0.2, -0.15) is 5.10 Å². The van der Waals surface area contributed by atoms with Gasteiger partial charge in [0.2, 0.25) is 5.75 Å². The number of carbonyl (C=O) groups excluding carboxylic acids is 1. The molecule has 0 aliphatic carbocycles. The van der Waals surface area contributed by atoms with Crippen LogP contribution < -0.4 is 14.2 Å². The Morgan fingerprint density at radius 3 is 2.08 bits per heavy atom. The number of aromatic nitrogens is 2. The lowest BCUT2D eigenvalue weighted by Crippen LogP contribution is -2.10. The first-order valence-electron chi connectivity index (χ1n) is 8.10. The molecule has 1 heterocycles.